The quantitative estimate of drug-likeness (QED) is 0.446. The molecule has 2 amide bonds. The van der Waals surface area contributed by atoms with E-state index in [1.54, 1.807) is 6.92 Å². The lowest BCUT2D eigenvalue weighted by atomic mass is 10.2. The molecule has 0 aromatic heterocycles. The SMILES string of the molecule is C[C@@H](NC(=O)CCCCl)C(=O)NCc1ccccc1.O=C(Cl)CCCCl. The van der Waals surface area contributed by atoms with Crippen molar-refractivity contribution in [1.82, 2.24) is 10.6 Å². The van der Waals surface area contributed by atoms with E-state index in [1.165, 1.54) is 0 Å². The molecule has 0 aliphatic heterocycles. The normalized spacial score (nSPS) is 10.9. The third kappa shape index (κ3) is 13.9. The standard InChI is InChI=1S/C14H19ClN2O2.C4H6Cl2O/c1-11(17-13(18)8-5-9-15)14(19)16-10-12-6-3-2-4-7-12;5-3-1-2-4(6)7/h2-4,6-7,11H,5,8-10H2,1H3,(H,16,19)(H,17,18);1-3H2/t11-;/m1./s1. The summed E-state index contributed by atoms with van der Waals surface area (Å²) >= 11 is 15.7. The third-order valence-electron chi connectivity index (χ3n) is 3.12. The van der Waals surface area contributed by atoms with Crippen LogP contribution in [0.1, 0.15) is 38.2 Å². The van der Waals surface area contributed by atoms with E-state index in [0.717, 1.165) is 5.56 Å². The number of carbonyl (C=O) groups excluding carboxylic acids is 3. The Hall–Kier alpha value is -1.30. The molecule has 0 aliphatic rings. The minimum Gasteiger partial charge on any atom is -0.350 e. The highest BCUT2D eigenvalue weighted by atomic mass is 35.5. The first-order chi connectivity index (χ1) is 12.4. The van der Waals surface area contributed by atoms with Crippen LogP contribution in [0.2, 0.25) is 0 Å². The largest absolute Gasteiger partial charge is 0.350 e. The van der Waals surface area contributed by atoms with Crippen LogP contribution in [-0.4, -0.2) is 34.9 Å². The molecule has 1 rings (SSSR count). The molecule has 0 heterocycles. The summed E-state index contributed by atoms with van der Waals surface area (Å²) < 4.78 is 0. The fourth-order valence-electron chi connectivity index (χ4n) is 1.75. The zero-order chi connectivity index (χ0) is 19.8. The van der Waals surface area contributed by atoms with Crippen molar-refractivity contribution < 1.29 is 14.4 Å². The van der Waals surface area contributed by atoms with Gasteiger partial charge in [0, 0.05) is 31.1 Å². The Bertz CT molecular complexity index is 542. The molecule has 1 atom stereocenters. The van der Waals surface area contributed by atoms with Gasteiger partial charge in [0.1, 0.15) is 6.04 Å². The van der Waals surface area contributed by atoms with Gasteiger partial charge in [-0.15, -0.1) is 23.2 Å². The minimum absolute atomic E-state index is 0.150. The average Bonchev–Trinajstić information content (AvgIpc) is 2.63. The third-order valence-corrected chi connectivity index (χ3v) is 3.85. The summed E-state index contributed by atoms with van der Waals surface area (Å²) in [6.07, 6.45) is 2.04. The van der Waals surface area contributed by atoms with Crippen molar-refractivity contribution in [2.24, 2.45) is 0 Å². The average molecular weight is 424 g/mol. The fourth-order valence-corrected chi connectivity index (χ4v) is 2.15. The van der Waals surface area contributed by atoms with Crippen LogP contribution in [-0.2, 0) is 20.9 Å². The minimum atomic E-state index is -0.536. The van der Waals surface area contributed by atoms with Crippen LogP contribution in [0.3, 0.4) is 0 Å². The number of halogens is 3. The van der Waals surface area contributed by atoms with E-state index in [9.17, 15) is 14.4 Å². The van der Waals surface area contributed by atoms with Gasteiger partial charge in [-0.05, 0) is 36.9 Å². The van der Waals surface area contributed by atoms with Crippen molar-refractivity contribution in [2.75, 3.05) is 11.8 Å². The molecule has 0 unspecified atom stereocenters. The number of hydrogen-bond acceptors (Lipinski definition) is 3. The highest BCUT2D eigenvalue weighted by molar-refractivity contribution is 6.63. The van der Waals surface area contributed by atoms with Crippen molar-refractivity contribution in [1.29, 1.82) is 0 Å². The molecule has 1 aromatic carbocycles. The van der Waals surface area contributed by atoms with Gasteiger partial charge >= 0.3 is 0 Å². The first-order valence-corrected chi connectivity index (χ1v) is 9.76. The Morgan fingerprint density at radius 3 is 2.08 bits per heavy atom. The molecule has 0 fully saturated rings. The molecule has 0 aliphatic carbocycles. The van der Waals surface area contributed by atoms with Crippen molar-refractivity contribution in [3.63, 3.8) is 0 Å². The molecule has 0 saturated carbocycles. The van der Waals surface area contributed by atoms with E-state index in [2.05, 4.69) is 10.6 Å². The second-order valence-corrected chi connectivity index (χ2v) is 6.61. The summed E-state index contributed by atoms with van der Waals surface area (Å²) in [4.78, 5) is 33.1. The molecule has 0 saturated heterocycles. The van der Waals surface area contributed by atoms with Gasteiger partial charge in [-0.1, -0.05) is 30.3 Å². The predicted molar refractivity (Wildman–Crippen MR) is 107 cm³/mol. The number of nitrogens with one attached hydrogen (secondary N) is 2. The molecule has 2 N–H and O–H groups in total. The summed E-state index contributed by atoms with van der Waals surface area (Å²) in [5, 5.41) is 5.12. The Balaban J connectivity index is 0.000000758. The van der Waals surface area contributed by atoms with E-state index >= 15 is 0 Å². The molecule has 0 radical (unpaired) electrons. The van der Waals surface area contributed by atoms with Crippen molar-refractivity contribution in [2.45, 2.75) is 45.2 Å². The number of carbonyl (C=O) groups is 3. The summed E-state index contributed by atoms with van der Waals surface area (Å²) in [7, 11) is 0. The Labute approximate surface area is 169 Å². The number of alkyl halides is 2. The molecular weight excluding hydrogens is 399 g/mol. The van der Waals surface area contributed by atoms with Crippen LogP contribution in [0.4, 0.5) is 0 Å². The van der Waals surface area contributed by atoms with Crippen LogP contribution in [0.5, 0.6) is 0 Å². The smallest absolute Gasteiger partial charge is 0.242 e. The van der Waals surface area contributed by atoms with Gasteiger partial charge < -0.3 is 10.6 Å². The number of amides is 2. The Morgan fingerprint density at radius 1 is 1.00 bits per heavy atom. The molecule has 5 nitrogen and oxygen atoms in total. The van der Waals surface area contributed by atoms with Crippen LogP contribution >= 0.6 is 34.8 Å². The van der Waals surface area contributed by atoms with Gasteiger partial charge in [0.05, 0.1) is 0 Å². The fraction of sp³-hybridized carbons (Fsp3) is 0.500. The molecule has 146 valence electrons. The monoisotopic (exact) mass is 422 g/mol. The lowest BCUT2D eigenvalue weighted by molar-refractivity contribution is -0.128. The second kappa shape index (κ2) is 15.9. The zero-order valence-corrected chi connectivity index (χ0v) is 17.0. The van der Waals surface area contributed by atoms with Gasteiger partial charge in [0.2, 0.25) is 17.1 Å². The van der Waals surface area contributed by atoms with Crippen LogP contribution in [0.15, 0.2) is 30.3 Å². The highest BCUT2D eigenvalue weighted by Crippen LogP contribution is 1.98. The Morgan fingerprint density at radius 2 is 1.58 bits per heavy atom. The van der Waals surface area contributed by atoms with Crippen LogP contribution < -0.4 is 10.6 Å². The number of hydrogen-bond donors (Lipinski definition) is 2. The van der Waals surface area contributed by atoms with Gasteiger partial charge in [-0.25, -0.2) is 0 Å². The Kier molecular flexibility index (Phi) is 15.1. The van der Waals surface area contributed by atoms with Gasteiger partial charge in [-0.3, -0.25) is 14.4 Å². The number of benzene rings is 1. The molecule has 1 aromatic rings. The van der Waals surface area contributed by atoms with Crippen molar-refractivity contribution >= 4 is 51.9 Å². The van der Waals surface area contributed by atoms with Gasteiger partial charge in [0.15, 0.2) is 0 Å². The van der Waals surface area contributed by atoms with E-state index in [1.807, 2.05) is 30.3 Å². The maximum absolute atomic E-state index is 11.8. The first-order valence-electron chi connectivity index (χ1n) is 8.32. The van der Waals surface area contributed by atoms with Gasteiger partial charge in [0.25, 0.3) is 0 Å². The number of rotatable bonds is 10. The second-order valence-electron chi connectivity index (χ2n) is 5.43. The van der Waals surface area contributed by atoms with Crippen molar-refractivity contribution in [3.8, 4) is 0 Å². The lowest BCUT2D eigenvalue weighted by Crippen LogP contribution is -2.44. The summed E-state index contributed by atoms with van der Waals surface area (Å²) in [5.41, 5.74) is 1.02. The van der Waals surface area contributed by atoms with E-state index in [-0.39, 0.29) is 17.1 Å². The van der Waals surface area contributed by atoms with E-state index in [0.29, 0.717) is 44.0 Å². The highest BCUT2D eigenvalue weighted by Gasteiger charge is 2.14. The molecule has 0 bridgehead atoms. The maximum Gasteiger partial charge on any atom is 0.242 e. The topological polar surface area (TPSA) is 75.3 Å². The zero-order valence-electron chi connectivity index (χ0n) is 14.8. The molecule has 0 spiro atoms. The molecule has 26 heavy (non-hydrogen) atoms. The van der Waals surface area contributed by atoms with E-state index in [4.69, 9.17) is 34.8 Å². The predicted octanol–water partition coefficient (Wildman–Crippen LogP) is 3.60. The summed E-state index contributed by atoms with van der Waals surface area (Å²) in [6.45, 7) is 2.13. The van der Waals surface area contributed by atoms with E-state index < -0.39 is 6.04 Å². The first kappa shape index (κ1) is 24.7. The van der Waals surface area contributed by atoms with Crippen LogP contribution in [0, 0.1) is 0 Å². The van der Waals surface area contributed by atoms with Crippen molar-refractivity contribution in [3.05, 3.63) is 35.9 Å². The lowest BCUT2D eigenvalue weighted by Gasteiger charge is -2.14. The summed E-state index contributed by atoms with van der Waals surface area (Å²) in [5.74, 6) is 0.617. The van der Waals surface area contributed by atoms with Crippen LogP contribution in [0.25, 0.3) is 0 Å². The molecular formula is C18H25Cl3N2O3. The summed E-state index contributed by atoms with van der Waals surface area (Å²) in [6, 6.07) is 9.09. The maximum atomic E-state index is 11.8. The van der Waals surface area contributed by atoms with Gasteiger partial charge in [-0.2, -0.15) is 0 Å². The molecule has 8 heteroatoms.